The number of rotatable bonds is 4. The van der Waals surface area contributed by atoms with Gasteiger partial charge in [-0.15, -0.1) is 0 Å². The molecule has 4 nitrogen and oxygen atoms in total. The molecule has 0 aromatic rings. The SMILES string of the molecule is CN1CCCN(CC2(CNC(C)(C)C)CCCOC2)CC1. The van der Waals surface area contributed by atoms with E-state index in [9.17, 15) is 0 Å². The second-order valence-electron chi connectivity index (χ2n) is 8.19. The molecular weight excluding hydrogens is 262 g/mol. The zero-order valence-electron chi connectivity index (χ0n) is 14.6. The summed E-state index contributed by atoms with van der Waals surface area (Å²) < 4.78 is 5.87. The van der Waals surface area contributed by atoms with Gasteiger partial charge in [0.1, 0.15) is 0 Å². The van der Waals surface area contributed by atoms with Gasteiger partial charge in [0.2, 0.25) is 0 Å². The molecule has 1 atom stereocenters. The third-order valence-corrected chi connectivity index (χ3v) is 4.77. The average molecular weight is 297 g/mol. The van der Waals surface area contributed by atoms with Gasteiger partial charge in [0.15, 0.2) is 0 Å². The van der Waals surface area contributed by atoms with Crippen LogP contribution in [0.25, 0.3) is 0 Å². The molecule has 0 aromatic heterocycles. The first-order chi connectivity index (χ1) is 9.89. The molecule has 0 spiro atoms. The number of nitrogens with zero attached hydrogens (tertiary/aromatic N) is 2. The fourth-order valence-corrected chi connectivity index (χ4v) is 3.42. The van der Waals surface area contributed by atoms with Gasteiger partial charge in [-0.1, -0.05) is 0 Å². The van der Waals surface area contributed by atoms with Crippen LogP contribution in [-0.2, 0) is 4.74 Å². The highest BCUT2D eigenvalue weighted by Gasteiger charge is 2.35. The quantitative estimate of drug-likeness (QED) is 0.856. The summed E-state index contributed by atoms with van der Waals surface area (Å²) in [6.45, 7) is 15.8. The molecule has 0 bridgehead atoms. The zero-order valence-corrected chi connectivity index (χ0v) is 14.6. The molecule has 0 amide bonds. The van der Waals surface area contributed by atoms with E-state index in [2.05, 4.69) is 42.9 Å². The number of likely N-dealkylation sites (N-methyl/N-ethyl adjacent to an activating group) is 1. The van der Waals surface area contributed by atoms with Crippen molar-refractivity contribution < 1.29 is 4.74 Å². The van der Waals surface area contributed by atoms with Gasteiger partial charge in [0, 0.05) is 43.7 Å². The lowest BCUT2D eigenvalue weighted by Gasteiger charge is -2.42. The van der Waals surface area contributed by atoms with Crippen LogP contribution < -0.4 is 5.32 Å². The Hall–Kier alpha value is -0.160. The van der Waals surface area contributed by atoms with Crippen molar-refractivity contribution >= 4 is 0 Å². The maximum atomic E-state index is 5.87. The Kier molecular flexibility index (Phi) is 6.06. The summed E-state index contributed by atoms with van der Waals surface area (Å²) in [6.07, 6.45) is 3.79. The minimum absolute atomic E-state index is 0.184. The topological polar surface area (TPSA) is 27.7 Å². The van der Waals surface area contributed by atoms with Crippen LogP contribution in [0, 0.1) is 5.41 Å². The van der Waals surface area contributed by atoms with Gasteiger partial charge in [0.05, 0.1) is 6.61 Å². The molecular formula is C17H35N3O. The standard InChI is InChI=1S/C17H35N3O/c1-16(2,3)18-13-17(7-5-12-21-15-17)14-20-9-6-8-19(4)10-11-20/h18H,5-15H2,1-4H3. The number of hydrogen-bond donors (Lipinski definition) is 1. The van der Waals surface area contributed by atoms with Crippen molar-refractivity contribution in [2.24, 2.45) is 5.41 Å². The van der Waals surface area contributed by atoms with Crippen LogP contribution in [0.3, 0.4) is 0 Å². The molecule has 2 rings (SSSR count). The smallest absolute Gasteiger partial charge is 0.0546 e. The van der Waals surface area contributed by atoms with Crippen LogP contribution in [0.1, 0.15) is 40.0 Å². The van der Waals surface area contributed by atoms with Crippen molar-refractivity contribution in [1.82, 2.24) is 15.1 Å². The highest BCUT2D eigenvalue weighted by molar-refractivity contribution is 4.90. The molecule has 2 saturated heterocycles. The molecule has 1 N–H and O–H groups in total. The summed E-state index contributed by atoms with van der Waals surface area (Å²) in [4.78, 5) is 5.12. The first kappa shape index (κ1) is 17.2. The van der Waals surface area contributed by atoms with Crippen molar-refractivity contribution in [1.29, 1.82) is 0 Å². The molecule has 2 heterocycles. The van der Waals surface area contributed by atoms with Crippen LogP contribution in [-0.4, -0.2) is 74.9 Å². The summed E-state index contributed by atoms with van der Waals surface area (Å²) in [5, 5.41) is 3.73. The van der Waals surface area contributed by atoms with Gasteiger partial charge in [-0.25, -0.2) is 0 Å². The third-order valence-electron chi connectivity index (χ3n) is 4.77. The number of nitrogens with one attached hydrogen (secondary N) is 1. The second-order valence-corrected chi connectivity index (χ2v) is 8.19. The molecule has 0 aliphatic carbocycles. The molecule has 2 aliphatic rings. The fraction of sp³-hybridized carbons (Fsp3) is 1.00. The predicted molar refractivity (Wildman–Crippen MR) is 88.8 cm³/mol. The van der Waals surface area contributed by atoms with Gasteiger partial charge in [-0.2, -0.15) is 0 Å². The second kappa shape index (κ2) is 7.40. The molecule has 0 aromatic carbocycles. The largest absolute Gasteiger partial charge is 0.381 e. The lowest BCUT2D eigenvalue weighted by atomic mass is 9.81. The normalized spacial score (nSPS) is 30.3. The molecule has 21 heavy (non-hydrogen) atoms. The van der Waals surface area contributed by atoms with Gasteiger partial charge >= 0.3 is 0 Å². The van der Waals surface area contributed by atoms with E-state index < -0.39 is 0 Å². The summed E-state index contributed by atoms with van der Waals surface area (Å²) in [5.41, 5.74) is 0.484. The Morgan fingerprint density at radius 2 is 1.90 bits per heavy atom. The van der Waals surface area contributed by atoms with Gasteiger partial charge in [-0.3, -0.25) is 0 Å². The van der Waals surface area contributed by atoms with E-state index in [1.165, 1.54) is 52.0 Å². The summed E-state index contributed by atoms with van der Waals surface area (Å²) >= 11 is 0. The number of hydrogen-bond acceptors (Lipinski definition) is 4. The molecule has 2 aliphatic heterocycles. The Balaban J connectivity index is 1.95. The van der Waals surface area contributed by atoms with Gasteiger partial charge < -0.3 is 19.9 Å². The Bertz CT molecular complexity index is 308. The van der Waals surface area contributed by atoms with E-state index in [0.717, 1.165) is 19.8 Å². The average Bonchev–Trinajstić information content (AvgIpc) is 2.62. The summed E-state index contributed by atoms with van der Waals surface area (Å²) in [7, 11) is 2.24. The van der Waals surface area contributed by atoms with Crippen LogP contribution in [0.15, 0.2) is 0 Å². The Morgan fingerprint density at radius 1 is 1.10 bits per heavy atom. The molecule has 0 radical (unpaired) electrons. The lowest BCUT2D eigenvalue weighted by molar-refractivity contribution is -0.0282. The van der Waals surface area contributed by atoms with E-state index in [4.69, 9.17) is 4.74 Å². The molecule has 1 unspecified atom stereocenters. The van der Waals surface area contributed by atoms with E-state index in [1.54, 1.807) is 0 Å². The maximum absolute atomic E-state index is 5.87. The van der Waals surface area contributed by atoms with Crippen LogP contribution in [0.4, 0.5) is 0 Å². The van der Waals surface area contributed by atoms with Crippen molar-refractivity contribution in [3.8, 4) is 0 Å². The third kappa shape index (κ3) is 5.85. The highest BCUT2D eigenvalue weighted by Crippen LogP contribution is 2.30. The van der Waals surface area contributed by atoms with Crippen molar-refractivity contribution in [2.45, 2.75) is 45.6 Å². The summed E-state index contributed by atoms with van der Waals surface area (Å²) in [5.74, 6) is 0. The van der Waals surface area contributed by atoms with Crippen LogP contribution in [0.5, 0.6) is 0 Å². The molecule has 4 heteroatoms. The van der Waals surface area contributed by atoms with Crippen molar-refractivity contribution in [3.63, 3.8) is 0 Å². The van der Waals surface area contributed by atoms with Crippen LogP contribution in [0.2, 0.25) is 0 Å². The van der Waals surface area contributed by atoms with E-state index in [0.29, 0.717) is 5.41 Å². The lowest BCUT2D eigenvalue weighted by Crippen LogP contribution is -2.52. The molecule has 2 fully saturated rings. The molecule has 124 valence electrons. The van der Waals surface area contributed by atoms with Crippen LogP contribution >= 0.6 is 0 Å². The van der Waals surface area contributed by atoms with E-state index in [-0.39, 0.29) is 5.54 Å². The first-order valence-electron chi connectivity index (χ1n) is 8.62. The van der Waals surface area contributed by atoms with Crippen molar-refractivity contribution in [3.05, 3.63) is 0 Å². The Labute approximate surface area is 131 Å². The summed E-state index contributed by atoms with van der Waals surface area (Å²) in [6, 6.07) is 0. The monoisotopic (exact) mass is 297 g/mol. The zero-order chi connectivity index (χ0) is 15.3. The van der Waals surface area contributed by atoms with E-state index in [1.807, 2.05) is 0 Å². The first-order valence-corrected chi connectivity index (χ1v) is 8.62. The van der Waals surface area contributed by atoms with Gasteiger partial charge in [0.25, 0.3) is 0 Å². The van der Waals surface area contributed by atoms with Crippen molar-refractivity contribution in [2.75, 3.05) is 59.5 Å². The van der Waals surface area contributed by atoms with E-state index >= 15 is 0 Å². The maximum Gasteiger partial charge on any atom is 0.0546 e. The van der Waals surface area contributed by atoms with Gasteiger partial charge in [-0.05, 0) is 60.2 Å². The predicted octanol–water partition coefficient (Wildman–Crippen LogP) is 1.81. The Morgan fingerprint density at radius 3 is 2.57 bits per heavy atom. The number of ether oxygens (including phenoxy) is 1. The molecule has 0 saturated carbocycles. The highest BCUT2D eigenvalue weighted by atomic mass is 16.5. The fourth-order valence-electron chi connectivity index (χ4n) is 3.42. The minimum Gasteiger partial charge on any atom is -0.381 e. The minimum atomic E-state index is 0.184.